The highest BCUT2D eigenvalue weighted by Crippen LogP contribution is 2.36. The lowest BCUT2D eigenvalue weighted by Gasteiger charge is -2.27. The first-order chi connectivity index (χ1) is 16.4. The number of carbonyl (C=O) groups excluding carboxylic acids is 1. The van der Waals surface area contributed by atoms with Crippen LogP contribution in [-0.4, -0.2) is 42.5 Å². The molecule has 1 unspecified atom stereocenters. The van der Waals surface area contributed by atoms with Crippen molar-refractivity contribution in [3.63, 3.8) is 0 Å². The summed E-state index contributed by atoms with van der Waals surface area (Å²) in [6, 6.07) is 11.7. The van der Waals surface area contributed by atoms with Crippen LogP contribution in [0.3, 0.4) is 0 Å². The zero-order valence-electron chi connectivity index (χ0n) is 18.0. The molecule has 1 atom stereocenters. The van der Waals surface area contributed by atoms with Gasteiger partial charge in [0.2, 0.25) is 5.91 Å². The molecule has 4 heterocycles. The number of thiazole rings is 1. The maximum absolute atomic E-state index is 13.9. The van der Waals surface area contributed by atoms with Crippen LogP contribution in [0.25, 0.3) is 10.2 Å². The molecule has 1 aliphatic rings. The van der Waals surface area contributed by atoms with Gasteiger partial charge in [0, 0.05) is 11.4 Å². The minimum Gasteiger partial charge on any atom is -0.467 e. The Morgan fingerprint density at radius 3 is 2.85 bits per heavy atom. The van der Waals surface area contributed by atoms with Crippen molar-refractivity contribution in [3.05, 3.63) is 58.8 Å². The van der Waals surface area contributed by atoms with Gasteiger partial charge in [-0.2, -0.15) is 4.31 Å². The zero-order valence-corrected chi connectivity index (χ0v) is 22.0. The standard InChI is InChI=1S/C22H20ClN3O4S4/c1-31-15-6-7-16-18(12-15)32-22(24-16)25(13-14-4-3-11-30-14)21(27)17-5-2-10-26(17)34(28,29)20-9-8-19(23)33-20/h3-4,6-9,11-12,17H,2,5,10,13H2,1H3. The van der Waals surface area contributed by atoms with Crippen LogP contribution < -0.4 is 4.90 Å². The number of amides is 1. The number of thiophene rings is 1. The number of fused-ring (bicyclic) bond motifs is 1. The first kappa shape index (κ1) is 23.8. The molecule has 1 aliphatic heterocycles. The summed E-state index contributed by atoms with van der Waals surface area (Å²) in [6.07, 6.45) is 4.59. The van der Waals surface area contributed by atoms with E-state index in [1.807, 2.05) is 24.5 Å². The summed E-state index contributed by atoms with van der Waals surface area (Å²) in [5.74, 6) is 0.277. The van der Waals surface area contributed by atoms with Gasteiger partial charge < -0.3 is 4.42 Å². The SMILES string of the molecule is CSc1ccc2nc(N(Cc3ccco3)C(=O)C3CCCN3S(=O)(=O)c3ccc(Cl)s3)sc2c1. The normalized spacial score (nSPS) is 16.9. The van der Waals surface area contributed by atoms with E-state index in [4.69, 9.17) is 21.0 Å². The van der Waals surface area contributed by atoms with Crippen LogP contribution in [0.15, 0.2) is 62.2 Å². The second-order valence-electron chi connectivity index (χ2n) is 7.67. The van der Waals surface area contributed by atoms with E-state index in [1.54, 1.807) is 41.1 Å². The Labute approximate surface area is 214 Å². The van der Waals surface area contributed by atoms with E-state index in [1.165, 1.54) is 21.7 Å². The highest BCUT2D eigenvalue weighted by molar-refractivity contribution is 7.98. The molecule has 5 rings (SSSR count). The fourth-order valence-electron chi connectivity index (χ4n) is 3.94. The van der Waals surface area contributed by atoms with Gasteiger partial charge in [-0.1, -0.05) is 22.9 Å². The number of sulfonamides is 1. The lowest BCUT2D eigenvalue weighted by molar-refractivity contribution is -0.121. The third kappa shape index (κ3) is 4.52. The number of carbonyl (C=O) groups is 1. The molecule has 0 radical (unpaired) electrons. The summed E-state index contributed by atoms with van der Waals surface area (Å²) >= 11 is 10.0. The Balaban J connectivity index is 1.51. The van der Waals surface area contributed by atoms with Gasteiger partial charge >= 0.3 is 0 Å². The van der Waals surface area contributed by atoms with Crippen LogP contribution in [-0.2, 0) is 21.4 Å². The summed E-state index contributed by atoms with van der Waals surface area (Å²) in [4.78, 5) is 21.2. The number of thioether (sulfide) groups is 1. The van der Waals surface area contributed by atoms with Crippen molar-refractivity contribution in [3.8, 4) is 0 Å². The lowest BCUT2D eigenvalue weighted by Crippen LogP contribution is -2.47. The van der Waals surface area contributed by atoms with Crippen LogP contribution >= 0.6 is 46.0 Å². The maximum atomic E-state index is 13.9. The van der Waals surface area contributed by atoms with Gasteiger partial charge in [0.1, 0.15) is 16.0 Å². The lowest BCUT2D eigenvalue weighted by atomic mass is 10.2. The van der Waals surface area contributed by atoms with E-state index in [-0.39, 0.29) is 23.2 Å². The second kappa shape index (κ2) is 9.63. The van der Waals surface area contributed by atoms with Gasteiger partial charge in [0.05, 0.1) is 27.4 Å². The third-order valence-corrected chi connectivity index (χ3v) is 10.9. The van der Waals surface area contributed by atoms with Crippen molar-refractivity contribution >= 4 is 77.3 Å². The predicted octanol–water partition coefficient (Wildman–Crippen LogP) is 5.71. The molecule has 1 amide bonds. The van der Waals surface area contributed by atoms with Crippen LogP contribution in [0.4, 0.5) is 5.13 Å². The van der Waals surface area contributed by atoms with E-state index in [2.05, 4.69) is 0 Å². The molecule has 0 aliphatic carbocycles. The number of hydrogen-bond donors (Lipinski definition) is 0. The molecular weight excluding hydrogens is 534 g/mol. The summed E-state index contributed by atoms with van der Waals surface area (Å²) in [6.45, 7) is 0.441. The Morgan fingerprint density at radius 1 is 1.29 bits per heavy atom. The highest BCUT2D eigenvalue weighted by Gasteiger charge is 2.42. The summed E-state index contributed by atoms with van der Waals surface area (Å²) in [5.41, 5.74) is 0.791. The Kier molecular flexibility index (Phi) is 6.75. The van der Waals surface area contributed by atoms with Crippen molar-refractivity contribution in [2.75, 3.05) is 17.7 Å². The maximum Gasteiger partial charge on any atom is 0.253 e. The number of benzene rings is 1. The molecule has 3 aromatic heterocycles. The van der Waals surface area contributed by atoms with Crippen molar-refractivity contribution in [2.24, 2.45) is 0 Å². The van der Waals surface area contributed by atoms with Crippen molar-refractivity contribution < 1.29 is 17.6 Å². The molecular formula is C22H20ClN3O4S4. The Hall–Kier alpha value is -1.89. The number of halogens is 1. The van der Waals surface area contributed by atoms with Crippen LogP contribution in [0, 0.1) is 0 Å². The fourth-order valence-corrected chi connectivity index (χ4v) is 8.73. The Morgan fingerprint density at radius 2 is 2.15 bits per heavy atom. The minimum atomic E-state index is -3.85. The summed E-state index contributed by atoms with van der Waals surface area (Å²) < 4.78 is 34.9. The average Bonchev–Trinajstić information content (AvgIpc) is 3.62. The molecule has 0 saturated carbocycles. The summed E-state index contributed by atoms with van der Waals surface area (Å²) in [7, 11) is -3.85. The zero-order chi connectivity index (χ0) is 23.9. The number of anilines is 1. The smallest absolute Gasteiger partial charge is 0.253 e. The highest BCUT2D eigenvalue weighted by atomic mass is 35.5. The Bertz CT molecular complexity index is 1430. The minimum absolute atomic E-state index is 0.138. The van der Waals surface area contributed by atoms with E-state index in [9.17, 15) is 13.2 Å². The number of nitrogens with zero attached hydrogens (tertiary/aromatic N) is 3. The quantitative estimate of drug-likeness (QED) is 0.272. The second-order valence-corrected chi connectivity index (χ2v) is 13.4. The largest absolute Gasteiger partial charge is 0.467 e. The van der Waals surface area contributed by atoms with Crippen molar-refractivity contribution in [1.82, 2.24) is 9.29 Å². The van der Waals surface area contributed by atoms with E-state index >= 15 is 0 Å². The third-order valence-electron chi connectivity index (χ3n) is 5.58. The summed E-state index contributed by atoms with van der Waals surface area (Å²) in [5, 5.41) is 0.512. The van der Waals surface area contributed by atoms with Crippen LogP contribution in [0.5, 0.6) is 0 Å². The fraction of sp³-hybridized carbons (Fsp3) is 0.273. The van der Waals surface area contributed by atoms with Crippen LogP contribution in [0.2, 0.25) is 4.34 Å². The average molecular weight is 554 g/mol. The first-order valence-corrected chi connectivity index (χ1v) is 15.1. The van der Waals surface area contributed by atoms with Crippen molar-refractivity contribution in [2.45, 2.75) is 34.5 Å². The van der Waals surface area contributed by atoms with E-state index in [0.29, 0.717) is 28.1 Å². The van der Waals surface area contributed by atoms with Gasteiger partial charge in [0.15, 0.2) is 5.13 Å². The first-order valence-electron chi connectivity index (χ1n) is 10.4. The van der Waals surface area contributed by atoms with Crippen LogP contribution in [0.1, 0.15) is 18.6 Å². The molecule has 1 fully saturated rings. The molecule has 4 aromatic rings. The molecule has 1 aromatic carbocycles. The monoisotopic (exact) mass is 553 g/mol. The number of hydrogen-bond acceptors (Lipinski definition) is 8. The predicted molar refractivity (Wildman–Crippen MR) is 138 cm³/mol. The molecule has 0 bridgehead atoms. The van der Waals surface area contributed by atoms with Gasteiger partial charge in [-0.15, -0.1) is 23.1 Å². The molecule has 0 spiro atoms. The number of furan rings is 1. The van der Waals surface area contributed by atoms with Gasteiger partial charge in [-0.05, 0) is 61.6 Å². The topological polar surface area (TPSA) is 83.7 Å². The molecule has 178 valence electrons. The molecule has 0 N–H and O–H groups in total. The van der Waals surface area contributed by atoms with Gasteiger partial charge in [0.25, 0.3) is 10.0 Å². The molecule has 1 saturated heterocycles. The van der Waals surface area contributed by atoms with Gasteiger partial charge in [-0.3, -0.25) is 9.69 Å². The van der Waals surface area contributed by atoms with E-state index in [0.717, 1.165) is 26.4 Å². The molecule has 7 nitrogen and oxygen atoms in total. The van der Waals surface area contributed by atoms with Crippen molar-refractivity contribution in [1.29, 1.82) is 0 Å². The molecule has 34 heavy (non-hydrogen) atoms. The molecule has 12 heteroatoms. The number of rotatable bonds is 7. The van der Waals surface area contributed by atoms with Gasteiger partial charge in [-0.25, -0.2) is 13.4 Å². The number of aromatic nitrogens is 1. The van der Waals surface area contributed by atoms with E-state index < -0.39 is 16.1 Å².